The molecule has 0 radical (unpaired) electrons. The fourth-order valence-corrected chi connectivity index (χ4v) is 1.27. The molecule has 0 atom stereocenters. The van der Waals surface area contributed by atoms with Crippen LogP contribution in [0.5, 0.6) is 0 Å². The van der Waals surface area contributed by atoms with Gasteiger partial charge in [0.15, 0.2) is 0 Å². The monoisotopic (exact) mass is 276 g/mol. The lowest BCUT2D eigenvalue weighted by Gasteiger charge is -1.94. The molecular formula is C4H6Br2S2. The van der Waals surface area contributed by atoms with Gasteiger partial charge in [0.2, 0.25) is 0 Å². The fourth-order valence-electron chi connectivity index (χ4n) is 0.172. The molecule has 0 amide bonds. The van der Waals surface area contributed by atoms with Crippen LogP contribution in [0.25, 0.3) is 0 Å². The van der Waals surface area contributed by atoms with E-state index in [1.165, 1.54) is 0 Å². The average Bonchev–Trinajstić information content (AvgIpc) is 1.84. The van der Waals surface area contributed by atoms with Gasteiger partial charge in [-0.25, -0.2) is 0 Å². The molecule has 0 saturated carbocycles. The van der Waals surface area contributed by atoms with Crippen LogP contribution >= 0.6 is 57.1 Å². The van der Waals surface area contributed by atoms with Gasteiger partial charge in [-0.05, 0) is 0 Å². The minimum absolute atomic E-state index is 0.723. The van der Waals surface area contributed by atoms with Crippen molar-refractivity contribution in [3.8, 4) is 0 Å². The van der Waals surface area contributed by atoms with E-state index in [0.29, 0.717) is 0 Å². The first-order chi connectivity index (χ1) is 3.72. The minimum atomic E-state index is 0.723. The van der Waals surface area contributed by atoms with E-state index in [1.807, 2.05) is 0 Å². The highest BCUT2D eigenvalue weighted by Gasteiger charge is 1.93. The zero-order chi connectivity index (χ0) is 6.57. The van der Waals surface area contributed by atoms with Crippen molar-refractivity contribution in [3.63, 3.8) is 0 Å². The second-order valence-electron chi connectivity index (χ2n) is 1.13. The van der Waals surface area contributed by atoms with Gasteiger partial charge in [0.05, 0.1) is 0 Å². The van der Waals surface area contributed by atoms with E-state index in [0.717, 1.165) is 20.5 Å². The second-order valence-corrected chi connectivity index (χ2v) is 3.67. The molecule has 8 heavy (non-hydrogen) atoms. The number of rotatable bonds is 2. The number of hydrogen-bond acceptors (Lipinski definition) is 2. The van der Waals surface area contributed by atoms with E-state index in [9.17, 15) is 0 Å². The maximum absolute atomic E-state index is 4.04. The molecule has 0 saturated heterocycles. The van der Waals surface area contributed by atoms with Gasteiger partial charge in [0, 0.05) is 20.5 Å². The molecule has 0 aromatic rings. The highest BCUT2D eigenvalue weighted by atomic mass is 79.9. The van der Waals surface area contributed by atoms with E-state index < -0.39 is 0 Å². The van der Waals surface area contributed by atoms with Crippen molar-refractivity contribution in [1.82, 2.24) is 0 Å². The minimum Gasteiger partial charge on any atom is -0.174 e. The number of hydrogen-bond donors (Lipinski definition) is 2. The van der Waals surface area contributed by atoms with Gasteiger partial charge in [-0.1, -0.05) is 31.9 Å². The Bertz CT molecular complexity index is 88.2. The maximum atomic E-state index is 4.04. The van der Waals surface area contributed by atoms with Crippen molar-refractivity contribution < 1.29 is 0 Å². The Labute approximate surface area is 77.2 Å². The van der Waals surface area contributed by atoms with Crippen LogP contribution in [-0.2, 0) is 0 Å². The van der Waals surface area contributed by atoms with Gasteiger partial charge in [-0.15, -0.1) is 0 Å². The summed E-state index contributed by atoms with van der Waals surface area (Å²) in [5, 5.41) is 0. The van der Waals surface area contributed by atoms with Gasteiger partial charge >= 0.3 is 0 Å². The molecule has 0 heterocycles. The van der Waals surface area contributed by atoms with Gasteiger partial charge in [0.1, 0.15) is 0 Å². The van der Waals surface area contributed by atoms with Crippen molar-refractivity contribution in [1.29, 1.82) is 0 Å². The van der Waals surface area contributed by atoms with Gasteiger partial charge in [-0.2, -0.15) is 25.3 Å². The van der Waals surface area contributed by atoms with Crippen molar-refractivity contribution in [2.45, 2.75) is 0 Å². The molecule has 0 aliphatic heterocycles. The van der Waals surface area contributed by atoms with Gasteiger partial charge < -0.3 is 0 Å². The quantitative estimate of drug-likeness (QED) is 0.713. The summed E-state index contributed by atoms with van der Waals surface area (Å²) in [5.74, 6) is 1.45. The SMILES string of the molecule is SC/C(Br)=C(\Br)CS. The Kier molecular flexibility index (Phi) is 6.12. The van der Waals surface area contributed by atoms with E-state index >= 15 is 0 Å². The third kappa shape index (κ3) is 3.43. The van der Waals surface area contributed by atoms with Gasteiger partial charge in [0.25, 0.3) is 0 Å². The van der Waals surface area contributed by atoms with E-state index in [1.54, 1.807) is 0 Å². The Balaban J connectivity index is 3.83. The molecule has 0 aromatic heterocycles. The van der Waals surface area contributed by atoms with Crippen LogP contribution in [0.3, 0.4) is 0 Å². The molecule has 0 aliphatic carbocycles. The van der Waals surface area contributed by atoms with Crippen LogP contribution in [0.2, 0.25) is 0 Å². The van der Waals surface area contributed by atoms with Crippen LogP contribution < -0.4 is 0 Å². The molecule has 0 unspecified atom stereocenters. The highest BCUT2D eigenvalue weighted by molar-refractivity contribution is 9.14. The van der Waals surface area contributed by atoms with Crippen LogP contribution in [0.4, 0.5) is 0 Å². The first-order valence-electron chi connectivity index (χ1n) is 1.97. The topological polar surface area (TPSA) is 0 Å². The molecule has 0 nitrogen and oxygen atoms in total. The standard InChI is InChI=1S/C4H6Br2S2/c5-3(1-7)4(6)2-8/h7-8H,1-2H2/b4-3+. The summed E-state index contributed by atoms with van der Waals surface area (Å²) in [6, 6.07) is 0. The second kappa shape index (κ2) is 5.21. The molecule has 0 bridgehead atoms. The molecule has 0 aliphatic rings. The van der Waals surface area contributed by atoms with Crippen LogP contribution in [0.15, 0.2) is 8.96 Å². The smallest absolute Gasteiger partial charge is 0.0228 e. The average molecular weight is 278 g/mol. The number of thiol groups is 2. The molecule has 0 fully saturated rings. The van der Waals surface area contributed by atoms with Crippen molar-refractivity contribution in [2.24, 2.45) is 0 Å². The summed E-state index contributed by atoms with van der Waals surface area (Å²) in [7, 11) is 0. The molecular weight excluding hydrogens is 272 g/mol. The largest absolute Gasteiger partial charge is 0.174 e. The van der Waals surface area contributed by atoms with Crippen molar-refractivity contribution >= 4 is 57.1 Å². The molecule has 0 aromatic carbocycles. The molecule has 0 N–H and O–H groups in total. The zero-order valence-corrected chi connectivity index (χ0v) is 9.03. The number of halogens is 2. The van der Waals surface area contributed by atoms with Crippen molar-refractivity contribution in [3.05, 3.63) is 8.96 Å². The summed E-state index contributed by atoms with van der Waals surface area (Å²) < 4.78 is 2.13. The summed E-state index contributed by atoms with van der Waals surface area (Å²) >= 11 is 14.7. The Morgan fingerprint density at radius 1 is 1.00 bits per heavy atom. The molecule has 4 heteroatoms. The Morgan fingerprint density at radius 2 is 1.25 bits per heavy atom. The van der Waals surface area contributed by atoms with E-state index in [4.69, 9.17) is 0 Å². The van der Waals surface area contributed by atoms with Crippen LogP contribution in [0, 0.1) is 0 Å². The fraction of sp³-hybridized carbons (Fsp3) is 0.500. The summed E-state index contributed by atoms with van der Waals surface area (Å²) in [4.78, 5) is 0. The predicted octanol–water partition coefficient (Wildman–Crippen LogP) is 2.85. The van der Waals surface area contributed by atoms with Crippen molar-refractivity contribution in [2.75, 3.05) is 11.5 Å². The lowest BCUT2D eigenvalue weighted by atomic mass is 10.6. The summed E-state index contributed by atoms with van der Waals surface area (Å²) in [6.07, 6.45) is 0. The predicted molar refractivity (Wildman–Crippen MR) is 52.6 cm³/mol. The normalized spacial score (nSPS) is 13.5. The Hall–Kier alpha value is 1.40. The molecule has 48 valence electrons. The third-order valence-corrected chi connectivity index (χ3v) is 4.12. The van der Waals surface area contributed by atoms with Crippen LogP contribution in [-0.4, -0.2) is 11.5 Å². The Morgan fingerprint density at radius 3 is 1.38 bits per heavy atom. The summed E-state index contributed by atoms with van der Waals surface area (Å²) in [6.45, 7) is 0. The lowest BCUT2D eigenvalue weighted by Crippen LogP contribution is -1.78. The molecule has 0 rings (SSSR count). The lowest BCUT2D eigenvalue weighted by molar-refractivity contribution is 1.63. The highest BCUT2D eigenvalue weighted by Crippen LogP contribution is 2.19. The van der Waals surface area contributed by atoms with E-state index in [2.05, 4.69) is 57.1 Å². The third-order valence-electron chi connectivity index (χ3n) is 0.572. The first-order valence-corrected chi connectivity index (χ1v) is 4.82. The van der Waals surface area contributed by atoms with Gasteiger partial charge in [-0.3, -0.25) is 0 Å². The molecule has 0 spiro atoms. The van der Waals surface area contributed by atoms with Crippen LogP contribution in [0.1, 0.15) is 0 Å². The zero-order valence-electron chi connectivity index (χ0n) is 4.06. The van der Waals surface area contributed by atoms with E-state index in [-0.39, 0.29) is 0 Å². The first kappa shape index (κ1) is 9.40. The summed E-state index contributed by atoms with van der Waals surface area (Å²) in [5.41, 5.74) is 0. The maximum Gasteiger partial charge on any atom is 0.0228 e.